The van der Waals surface area contributed by atoms with E-state index < -0.39 is 0 Å². The van der Waals surface area contributed by atoms with Gasteiger partial charge in [-0.05, 0) is 39.2 Å². The van der Waals surface area contributed by atoms with E-state index >= 15 is 0 Å². The first kappa shape index (κ1) is 11.9. The summed E-state index contributed by atoms with van der Waals surface area (Å²) >= 11 is 0. The number of rotatable bonds is 4. The summed E-state index contributed by atoms with van der Waals surface area (Å²) < 4.78 is 3.57. The number of nitrogens with zero attached hydrogens (tertiary/aromatic N) is 3. The highest BCUT2D eigenvalue weighted by Gasteiger charge is 2.08. The third-order valence-electron chi connectivity index (χ3n) is 3.04. The smallest absolute Gasteiger partial charge is 0.309 e. The van der Waals surface area contributed by atoms with Crippen molar-refractivity contribution in [1.29, 1.82) is 0 Å². The van der Waals surface area contributed by atoms with Crippen LogP contribution in [0.4, 0.5) is 0 Å². The number of para-hydroxylation sites is 2. The van der Waals surface area contributed by atoms with Crippen LogP contribution in [0.1, 0.15) is 6.42 Å². The average Bonchev–Trinajstić information content (AvgIpc) is 2.54. The Morgan fingerprint density at radius 2 is 1.82 bits per heavy atom. The topological polar surface area (TPSA) is 30.2 Å². The lowest BCUT2D eigenvalue weighted by Crippen LogP contribution is -2.24. The predicted molar refractivity (Wildman–Crippen MR) is 70.4 cm³/mol. The van der Waals surface area contributed by atoms with E-state index in [1.54, 1.807) is 4.57 Å². The minimum Gasteiger partial charge on any atom is -0.309 e. The highest BCUT2D eigenvalue weighted by Crippen LogP contribution is 2.11. The fraction of sp³-hybridized carbons (Fsp3) is 0.462. The molecular formula is C13H19N3O. The van der Waals surface area contributed by atoms with Gasteiger partial charge in [-0.3, -0.25) is 9.13 Å². The van der Waals surface area contributed by atoms with Crippen molar-refractivity contribution in [1.82, 2.24) is 14.0 Å². The summed E-state index contributed by atoms with van der Waals surface area (Å²) in [6, 6.07) is 7.93. The maximum atomic E-state index is 12.1. The number of fused-ring (bicyclic) bond motifs is 1. The molecule has 1 aromatic carbocycles. The van der Waals surface area contributed by atoms with Gasteiger partial charge in [0.25, 0.3) is 0 Å². The van der Waals surface area contributed by atoms with Crippen molar-refractivity contribution in [2.45, 2.75) is 13.0 Å². The van der Waals surface area contributed by atoms with Crippen LogP contribution >= 0.6 is 0 Å². The molecule has 0 N–H and O–H groups in total. The normalized spacial score (nSPS) is 11.5. The molecule has 92 valence electrons. The number of hydrogen-bond donors (Lipinski definition) is 0. The van der Waals surface area contributed by atoms with Crippen molar-refractivity contribution in [3.05, 3.63) is 34.7 Å². The van der Waals surface area contributed by atoms with Crippen molar-refractivity contribution in [3.63, 3.8) is 0 Å². The highest BCUT2D eigenvalue weighted by molar-refractivity contribution is 5.75. The quantitative estimate of drug-likeness (QED) is 0.796. The molecule has 0 amide bonds. The molecule has 0 bridgehead atoms. The highest BCUT2D eigenvalue weighted by atomic mass is 16.1. The zero-order valence-corrected chi connectivity index (χ0v) is 10.7. The SMILES string of the molecule is CN(C)CCCn1c(=O)n(C)c2ccccc21. The number of benzene rings is 1. The van der Waals surface area contributed by atoms with E-state index in [1.807, 2.05) is 50.0 Å². The van der Waals surface area contributed by atoms with Gasteiger partial charge in [0.15, 0.2) is 0 Å². The summed E-state index contributed by atoms with van der Waals surface area (Å²) in [4.78, 5) is 14.2. The largest absolute Gasteiger partial charge is 0.328 e. The fourth-order valence-electron chi connectivity index (χ4n) is 2.12. The van der Waals surface area contributed by atoms with Gasteiger partial charge in [0.1, 0.15) is 0 Å². The van der Waals surface area contributed by atoms with Crippen molar-refractivity contribution in [2.75, 3.05) is 20.6 Å². The zero-order chi connectivity index (χ0) is 12.4. The van der Waals surface area contributed by atoms with Crippen molar-refractivity contribution < 1.29 is 0 Å². The van der Waals surface area contributed by atoms with Gasteiger partial charge in [0.2, 0.25) is 0 Å². The van der Waals surface area contributed by atoms with Crippen molar-refractivity contribution >= 4 is 11.0 Å². The van der Waals surface area contributed by atoms with Crippen LogP contribution in [0, 0.1) is 0 Å². The standard InChI is InChI=1S/C13H19N3O/c1-14(2)9-6-10-16-12-8-5-4-7-11(12)15(3)13(16)17/h4-5,7-8H,6,9-10H2,1-3H3. The Bertz CT molecular complexity index is 566. The molecule has 0 aliphatic heterocycles. The minimum atomic E-state index is 0.0740. The molecule has 0 saturated heterocycles. The van der Waals surface area contributed by atoms with Gasteiger partial charge in [0.05, 0.1) is 11.0 Å². The number of aromatic nitrogens is 2. The van der Waals surface area contributed by atoms with Crippen LogP contribution in [-0.4, -0.2) is 34.7 Å². The maximum Gasteiger partial charge on any atom is 0.328 e. The molecule has 2 rings (SSSR count). The molecule has 0 aliphatic carbocycles. The van der Waals surface area contributed by atoms with E-state index in [9.17, 15) is 4.79 Å². The predicted octanol–water partition coefficient (Wildman–Crippen LogP) is 1.29. The van der Waals surface area contributed by atoms with Gasteiger partial charge in [-0.1, -0.05) is 12.1 Å². The third-order valence-corrected chi connectivity index (χ3v) is 3.04. The van der Waals surface area contributed by atoms with Gasteiger partial charge in [0, 0.05) is 13.6 Å². The molecule has 0 saturated carbocycles. The summed E-state index contributed by atoms with van der Waals surface area (Å²) in [5.74, 6) is 0. The van der Waals surface area contributed by atoms with Gasteiger partial charge >= 0.3 is 5.69 Å². The number of hydrogen-bond acceptors (Lipinski definition) is 2. The van der Waals surface area contributed by atoms with Gasteiger partial charge in [-0.25, -0.2) is 4.79 Å². The summed E-state index contributed by atoms with van der Waals surface area (Å²) in [5, 5.41) is 0. The molecule has 0 fully saturated rings. The lowest BCUT2D eigenvalue weighted by Gasteiger charge is -2.09. The summed E-state index contributed by atoms with van der Waals surface area (Å²) in [6.45, 7) is 1.77. The van der Waals surface area contributed by atoms with E-state index in [4.69, 9.17) is 0 Å². The molecule has 0 atom stereocenters. The molecule has 0 spiro atoms. The van der Waals surface area contributed by atoms with Gasteiger partial charge < -0.3 is 4.90 Å². The Morgan fingerprint density at radius 1 is 1.18 bits per heavy atom. The molecule has 1 aromatic heterocycles. The van der Waals surface area contributed by atoms with Crippen LogP contribution in [0.2, 0.25) is 0 Å². The van der Waals surface area contributed by atoms with Crippen molar-refractivity contribution in [2.24, 2.45) is 7.05 Å². The van der Waals surface area contributed by atoms with Crippen LogP contribution < -0.4 is 5.69 Å². The second kappa shape index (κ2) is 4.75. The van der Waals surface area contributed by atoms with E-state index in [-0.39, 0.29) is 5.69 Å². The summed E-state index contributed by atoms with van der Waals surface area (Å²) in [5.41, 5.74) is 2.10. The van der Waals surface area contributed by atoms with E-state index in [2.05, 4.69) is 4.90 Å². The van der Waals surface area contributed by atoms with Crippen LogP contribution in [0.5, 0.6) is 0 Å². The Hall–Kier alpha value is -1.55. The van der Waals surface area contributed by atoms with Crippen LogP contribution in [0.3, 0.4) is 0 Å². The minimum absolute atomic E-state index is 0.0740. The Balaban J connectivity index is 2.33. The molecule has 4 nitrogen and oxygen atoms in total. The molecule has 4 heteroatoms. The van der Waals surface area contributed by atoms with Crippen LogP contribution in [0.15, 0.2) is 29.1 Å². The molecule has 17 heavy (non-hydrogen) atoms. The lowest BCUT2D eigenvalue weighted by molar-refractivity contribution is 0.386. The molecule has 0 unspecified atom stereocenters. The summed E-state index contributed by atoms with van der Waals surface area (Å²) in [7, 11) is 5.92. The number of imidazole rings is 1. The molecule has 0 aliphatic rings. The van der Waals surface area contributed by atoms with E-state index in [0.717, 1.165) is 30.5 Å². The lowest BCUT2D eigenvalue weighted by atomic mass is 10.3. The monoisotopic (exact) mass is 233 g/mol. The third kappa shape index (κ3) is 2.26. The Morgan fingerprint density at radius 3 is 2.47 bits per heavy atom. The molecule has 0 radical (unpaired) electrons. The van der Waals surface area contributed by atoms with Crippen LogP contribution in [0.25, 0.3) is 11.0 Å². The van der Waals surface area contributed by atoms with E-state index in [0.29, 0.717) is 0 Å². The second-order valence-electron chi connectivity index (χ2n) is 4.64. The van der Waals surface area contributed by atoms with E-state index in [1.165, 1.54) is 0 Å². The second-order valence-corrected chi connectivity index (χ2v) is 4.64. The van der Waals surface area contributed by atoms with Gasteiger partial charge in [-0.15, -0.1) is 0 Å². The van der Waals surface area contributed by atoms with Crippen LogP contribution in [-0.2, 0) is 13.6 Å². The summed E-state index contributed by atoms with van der Waals surface area (Å²) in [6.07, 6.45) is 0.987. The average molecular weight is 233 g/mol. The molecular weight excluding hydrogens is 214 g/mol. The maximum absolute atomic E-state index is 12.1. The molecule has 1 heterocycles. The Kier molecular flexibility index (Phi) is 3.33. The van der Waals surface area contributed by atoms with Gasteiger partial charge in [-0.2, -0.15) is 0 Å². The fourth-order valence-corrected chi connectivity index (χ4v) is 2.12. The first-order chi connectivity index (χ1) is 8.11. The Labute approximate surface area is 101 Å². The first-order valence-corrected chi connectivity index (χ1v) is 5.90. The first-order valence-electron chi connectivity index (χ1n) is 5.90. The van der Waals surface area contributed by atoms with Crippen molar-refractivity contribution in [3.8, 4) is 0 Å². The number of aryl methyl sites for hydroxylation is 2. The molecule has 2 aromatic rings. The zero-order valence-electron chi connectivity index (χ0n) is 10.7.